The molecule has 3 N–H and O–H groups in total. The summed E-state index contributed by atoms with van der Waals surface area (Å²) < 4.78 is 0. The highest BCUT2D eigenvalue weighted by Gasteiger charge is 2.25. The Labute approximate surface area is 106 Å². The molecule has 0 radical (unpaired) electrons. The number of amides is 1. The number of hydrogen-bond acceptors (Lipinski definition) is 3. The van der Waals surface area contributed by atoms with E-state index in [4.69, 9.17) is 5.73 Å². The van der Waals surface area contributed by atoms with E-state index in [1.54, 1.807) is 0 Å². The molecule has 1 aliphatic carbocycles. The van der Waals surface area contributed by atoms with E-state index in [1.807, 2.05) is 18.2 Å². The lowest BCUT2D eigenvalue weighted by Crippen LogP contribution is -2.33. The van der Waals surface area contributed by atoms with Gasteiger partial charge < -0.3 is 11.1 Å². The Hall–Kier alpha value is -1.16. The number of carbonyl (C=O) groups excluding carboxylic acids is 1. The standard InChI is InChI=1S/C13H18N2OS/c1-9-6-10(7-9)15-11-4-2-3-5-12(11)17-8-13(14)16/h2-5,9-10,15H,6-8H2,1H3,(H2,14,16). The Morgan fingerprint density at radius 1 is 1.47 bits per heavy atom. The third-order valence-corrected chi connectivity index (χ3v) is 4.09. The maximum Gasteiger partial charge on any atom is 0.227 e. The zero-order chi connectivity index (χ0) is 12.3. The number of nitrogens with one attached hydrogen (secondary N) is 1. The number of rotatable bonds is 5. The Morgan fingerprint density at radius 2 is 2.18 bits per heavy atom. The molecule has 0 heterocycles. The lowest BCUT2D eigenvalue weighted by molar-refractivity contribution is -0.115. The number of anilines is 1. The SMILES string of the molecule is CC1CC(Nc2ccccc2SCC(N)=O)C1. The molecule has 1 aromatic carbocycles. The van der Waals surface area contributed by atoms with Crippen LogP contribution in [0.25, 0.3) is 0 Å². The van der Waals surface area contributed by atoms with Crippen LogP contribution in [0.1, 0.15) is 19.8 Å². The van der Waals surface area contributed by atoms with E-state index < -0.39 is 0 Å². The van der Waals surface area contributed by atoms with Crippen LogP contribution in [0.5, 0.6) is 0 Å². The van der Waals surface area contributed by atoms with Gasteiger partial charge in [-0.25, -0.2) is 0 Å². The van der Waals surface area contributed by atoms with Gasteiger partial charge in [-0.05, 0) is 30.9 Å². The average Bonchev–Trinajstić information content (AvgIpc) is 2.25. The summed E-state index contributed by atoms with van der Waals surface area (Å²) in [6.07, 6.45) is 2.46. The predicted octanol–water partition coefficient (Wildman–Crippen LogP) is 2.47. The lowest BCUT2D eigenvalue weighted by atomic mass is 9.82. The minimum Gasteiger partial charge on any atom is -0.381 e. The van der Waals surface area contributed by atoms with Crippen molar-refractivity contribution in [3.8, 4) is 0 Å². The zero-order valence-electron chi connectivity index (χ0n) is 9.98. The topological polar surface area (TPSA) is 55.1 Å². The molecule has 92 valence electrons. The molecule has 0 unspecified atom stereocenters. The summed E-state index contributed by atoms with van der Waals surface area (Å²) >= 11 is 1.50. The minimum atomic E-state index is -0.276. The number of benzene rings is 1. The Balaban J connectivity index is 1.97. The van der Waals surface area contributed by atoms with Gasteiger partial charge in [-0.1, -0.05) is 19.1 Å². The highest BCUT2D eigenvalue weighted by atomic mass is 32.2. The van der Waals surface area contributed by atoms with Crippen molar-refractivity contribution in [2.75, 3.05) is 11.1 Å². The normalized spacial score (nSPS) is 22.9. The third-order valence-electron chi connectivity index (χ3n) is 2.99. The molecule has 0 aromatic heterocycles. The van der Waals surface area contributed by atoms with Crippen molar-refractivity contribution < 1.29 is 4.79 Å². The summed E-state index contributed by atoms with van der Waals surface area (Å²) in [6.45, 7) is 2.27. The van der Waals surface area contributed by atoms with Gasteiger partial charge in [0.25, 0.3) is 0 Å². The molecule has 1 aliphatic rings. The Kier molecular flexibility index (Phi) is 3.94. The fourth-order valence-electron chi connectivity index (χ4n) is 2.10. The quantitative estimate of drug-likeness (QED) is 0.789. The van der Waals surface area contributed by atoms with Gasteiger partial charge in [-0.3, -0.25) is 4.79 Å². The number of para-hydroxylation sites is 1. The maximum atomic E-state index is 10.8. The van der Waals surface area contributed by atoms with Gasteiger partial charge in [0.1, 0.15) is 0 Å². The number of hydrogen-bond donors (Lipinski definition) is 2. The van der Waals surface area contributed by atoms with Gasteiger partial charge in [0.05, 0.1) is 5.75 Å². The number of primary amides is 1. The van der Waals surface area contributed by atoms with E-state index >= 15 is 0 Å². The van der Waals surface area contributed by atoms with Crippen molar-refractivity contribution in [1.82, 2.24) is 0 Å². The maximum absolute atomic E-state index is 10.8. The van der Waals surface area contributed by atoms with Crippen molar-refractivity contribution in [3.63, 3.8) is 0 Å². The first-order valence-electron chi connectivity index (χ1n) is 5.92. The molecule has 0 bridgehead atoms. The molecule has 0 saturated heterocycles. The molecule has 3 nitrogen and oxygen atoms in total. The van der Waals surface area contributed by atoms with Crippen molar-refractivity contribution in [2.45, 2.75) is 30.7 Å². The van der Waals surface area contributed by atoms with Crippen molar-refractivity contribution in [2.24, 2.45) is 11.7 Å². The summed E-state index contributed by atoms with van der Waals surface area (Å²) in [5.41, 5.74) is 6.29. The first kappa shape index (κ1) is 12.3. The van der Waals surface area contributed by atoms with Gasteiger partial charge in [0, 0.05) is 16.6 Å². The van der Waals surface area contributed by atoms with E-state index in [0.29, 0.717) is 11.8 Å². The summed E-state index contributed by atoms with van der Waals surface area (Å²) in [6, 6.07) is 8.67. The second-order valence-corrected chi connectivity index (χ2v) is 5.69. The van der Waals surface area contributed by atoms with E-state index in [0.717, 1.165) is 16.5 Å². The molecule has 1 amide bonds. The molecule has 1 aromatic rings. The molecule has 4 heteroatoms. The Morgan fingerprint density at radius 3 is 2.82 bits per heavy atom. The van der Waals surface area contributed by atoms with Gasteiger partial charge in [0.2, 0.25) is 5.91 Å². The Bertz CT molecular complexity index is 402. The molecule has 0 spiro atoms. The van der Waals surface area contributed by atoms with Gasteiger partial charge in [-0.15, -0.1) is 11.8 Å². The summed E-state index contributed by atoms with van der Waals surface area (Å²) in [4.78, 5) is 11.9. The fraction of sp³-hybridized carbons (Fsp3) is 0.462. The van der Waals surface area contributed by atoms with Crippen LogP contribution in [-0.2, 0) is 4.79 Å². The van der Waals surface area contributed by atoms with Crippen LogP contribution in [0.15, 0.2) is 29.2 Å². The minimum absolute atomic E-state index is 0.276. The van der Waals surface area contributed by atoms with Gasteiger partial charge >= 0.3 is 0 Å². The molecule has 0 atom stereocenters. The fourth-order valence-corrected chi connectivity index (χ4v) is 2.86. The molecular formula is C13H18N2OS. The van der Waals surface area contributed by atoms with Crippen molar-refractivity contribution in [1.29, 1.82) is 0 Å². The largest absolute Gasteiger partial charge is 0.381 e. The van der Waals surface area contributed by atoms with Crippen LogP contribution in [0.4, 0.5) is 5.69 Å². The predicted molar refractivity (Wildman–Crippen MR) is 72.2 cm³/mol. The first-order chi connectivity index (χ1) is 8.15. The molecule has 1 fully saturated rings. The highest BCUT2D eigenvalue weighted by Crippen LogP contribution is 2.33. The molecule has 1 saturated carbocycles. The summed E-state index contributed by atoms with van der Waals surface area (Å²) in [7, 11) is 0. The van der Waals surface area contributed by atoms with Crippen LogP contribution in [-0.4, -0.2) is 17.7 Å². The molecular weight excluding hydrogens is 232 g/mol. The van der Waals surface area contributed by atoms with E-state index in [9.17, 15) is 4.79 Å². The second-order valence-electron chi connectivity index (χ2n) is 4.67. The highest BCUT2D eigenvalue weighted by molar-refractivity contribution is 8.00. The third kappa shape index (κ3) is 3.40. The number of thioether (sulfide) groups is 1. The zero-order valence-corrected chi connectivity index (χ0v) is 10.8. The van der Waals surface area contributed by atoms with E-state index in [-0.39, 0.29) is 5.91 Å². The lowest BCUT2D eigenvalue weighted by Gasteiger charge is -2.34. The molecule has 17 heavy (non-hydrogen) atoms. The van der Waals surface area contributed by atoms with Crippen LogP contribution in [0, 0.1) is 5.92 Å². The average molecular weight is 250 g/mol. The van der Waals surface area contributed by atoms with E-state index in [1.165, 1.54) is 24.6 Å². The van der Waals surface area contributed by atoms with Crippen LogP contribution in [0.2, 0.25) is 0 Å². The van der Waals surface area contributed by atoms with Crippen LogP contribution >= 0.6 is 11.8 Å². The molecule has 0 aliphatic heterocycles. The van der Waals surface area contributed by atoms with Gasteiger partial charge in [-0.2, -0.15) is 0 Å². The molecule has 2 rings (SSSR count). The van der Waals surface area contributed by atoms with Crippen molar-refractivity contribution >= 4 is 23.4 Å². The number of carbonyl (C=O) groups is 1. The summed E-state index contributed by atoms with van der Waals surface area (Å²) in [5, 5.41) is 3.53. The second kappa shape index (κ2) is 5.45. The smallest absolute Gasteiger partial charge is 0.227 e. The summed E-state index contributed by atoms with van der Waals surface area (Å²) in [5.74, 6) is 0.889. The monoisotopic (exact) mass is 250 g/mol. The number of nitrogens with two attached hydrogens (primary N) is 1. The van der Waals surface area contributed by atoms with E-state index in [2.05, 4.69) is 18.3 Å². The van der Waals surface area contributed by atoms with Crippen LogP contribution < -0.4 is 11.1 Å². The van der Waals surface area contributed by atoms with Crippen LogP contribution in [0.3, 0.4) is 0 Å². The van der Waals surface area contributed by atoms with Crippen molar-refractivity contribution in [3.05, 3.63) is 24.3 Å². The van der Waals surface area contributed by atoms with Gasteiger partial charge in [0.15, 0.2) is 0 Å². The first-order valence-corrected chi connectivity index (χ1v) is 6.90.